The van der Waals surface area contributed by atoms with Crippen molar-refractivity contribution in [2.75, 3.05) is 0 Å². The molecule has 0 amide bonds. The topological polar surface area (TPSA) is 68.1 Å². The molecular formula is C20H27ClN2O2. The van der Waals surface area contributed by atoms with E-state index in [9.17, 15) is 4.79 Å². The molecule has 1 aromatic heterocycles. The number of hydrogen-bond acceptors (Lipinski definition) is 3. The van der Waals surface area contributed by atoms with E-state index in [1.165, 1.54) is 0 Å². The SMILES string of the molecule is CCCC1(N)CCCC(Oc2cc3cc[nH]c(=O)c3cc2Cl)CCC1. The first kappa shape index (κ1) is 18.3. The fraction of sp³-hybridized carbons (Fsp3) is 0.550. The predicted octanol–water partition coefficient (Wildman–Crippen LogP) is 4.78. The lowest BCUT2D eigenvalue weighted by molar-refractivity contribution is 0.149. The van der Waals surface area contributed by atoms with E-state index in [1.54, 1.807) is 12.3 Å². The van der Waals surface area contributed by atoms with E-state index in [0.29, 0.717) is 16.2 Å². The van der Waals surface area contributed by atoms with E-state index in [-0.39, 0.29) is 17.2 Å². The average molecular weight is 363 g/mol. The Kier molecular flexibility index (Phi) is 5.70. The molecule has 1 saturated carbocycles. The zero-order valence-corrected chi connectivity index (χ0v) is 15.6. The molecule has 0 aliphatic heterocycles. The van der Waals surface area contributed by atoms with Gasteiger partial charge >= 0.3 is 0 Å². The molecule has 4 nitrogen and oxygen atoms in total. The van der Waals surface area contributed by atoms with Crippen molar-refractivity contribution >= 4 is 22.4 Å². The zero-order valence-electron chi connectivity index (χ0n) is 14.8. The molecule has 0 bridgehead atoms. The van der Waals surface area contributed by atoms with E-state index in [4.69, 9.17) is 22.1 Å². The second-order valence-electron chi connectivity index (χ2n) is 7.31. The fourth-order valence-corrected chi connectivity index (χ4v) is 4.17. The highest BCUT2D eigenvalue weighted by Crippen LogP contribution is 2.33. The number of rotatable bonds is 4. The molecule has 2 aromatic rings. The van der Waals surface area contributed by atoms with Crippen LogP contribution in [0.5, 0.6) is 5.75 Å². The molecular weight excluding hydrogens is 336 g/mol. The number of benzene rings is 1. The molecule has 1 heterocycles. The van der Waals surface area contributed by atoms with Crippen LogP contribution in [0.3, 0.4) is 0 Å². The monoisotopic (exact) mass is 362 g/mol. The first-order valence-electron chi connectivity index (χ1n) is 9.27. The van der Waals surface area contributed by atoms with Crippen molar-refractivity contribution in [2.45, 2.75) is 69.9 Å². The van der Waals surface area contributed by atoms with Gasteiger partial charge in [-0.1, -0.05) is 24.9 Å². The fourth-order valence-electron chi connectivity index (χ4n) is 3.96. The van der Waals surface area contributed by atoms with Crippen molar-refractivity contribution in [3.05, 3.63) is 39.8 Å². The normalized spacial score (nSPS) is 24.7. The van der Waals surface area contributed by atoms with Crippen LogP contribution in [0.25, 0.3) is 10.8 Å². The first-order valence-corrected chi connectivity index (χ1v) is 9.65. The summed E-state index contributed by atoms with van der Waals surface area (Å²) >= 11 is 6.36. The number of halogens is 1. The van der Waals surface area contributed by atoms with E-state index in [0.717, 1.165) is 56.8 Å². The number of nitrogens with two attached hydrogens (primary N) is 1. The summed E-state index contributed by atoms with van der Waals surface area (Å²) in [5, 5.41) is 1.92. The number of fused-ring (bicyclic) bond motifs is 1. The number of nitrogens with one attached hydrogen (secondary N) is 1. The molecule has 0 atom stereocenters. The highest BCUT2D eigenvalue weighted by Gasteiger charge is 2.27. The Morgan fingerprint density at radius 3 is 2.72 bits per heavy atom. The maximum absolute atomic E-state index is 11.9. The van der Waals surface area contributed by atoms with Crippen molar-refractivity contribution in [1.82, 2.24) is 4.98 Å². The van der Waals surface area contributed by atoms with Gasteiger partial charge < -0.3 is 15.5 Å². The molecule has 5 heteroatoms. The molecule has 25 heavy (non-hydrogen) atoms. The number of aromatic amines is 1. The minimum atomic E-state index is -0.132. The predicted molar refractivity (Wildman–Crippen MR) is 104 cm³/mol. The Morgan fingerprint density at radius 1 is 1.32 bits per heavy atom. The summed E-state index contributed by atoms with van der Waals surface area (Å²) in [5.74, 6) is 0.665. The Morgan fingerprint density at radius 2 is 2.04 bits per heavy atom. The summed E-state index contributed by atoms with van der Waals surface area (Å²) in [7, 11) is 0. The van der Waals surface area contributed by atoms with E-state index >= 15 is 0 Å². The molecule has 1 aliphatic carbocycles. The first-order chi connectivity index (χ1) is 12.0. The molecule has 1 fully saturated rings. The Hall–Kier alpha value is -1.52. The number of H-pyrrole nitrogens is 1. The second kappa shape index (κ2) is 7.79. The summed E-state index contributed by atoms with van der Waals surface area (Å²) in [5.41, 5.74) is 6.41. The van der Waals surface area contributed by atoms with Crippen LogP contribution in [0.2, 0.25) is 5.02 Å². The van der Waals surface area contributed by atoms with Crippen LogP contribution in [0.1, 0.15) is 58.3 Å². The molecule has 0 saturated heterocycles. The highest BCUT2D eigenvalue weighted by molar-refractivity contribution is 6.32. The molecule has 1 aromatic carbocycles. The van der Waals surface area contributed by atoms with Crippen LogP contribution >= 0.6 is 11.6 Å². The molecule has 3 N–H and O–H groups in total. The van der Waals surface area contributed by atoms with Gasteiger partial charge in [-0.3, -0.25) is 4.79 Å². The Balaban J connectivity index is 1.71. The summed E-state index contributed by atoms with van der Waals surface area (Å²) in [6.45, 7) is 2.20. The summed E-state index contributed by atoms with van der Waals surface area (Å²) in [6.07, 6.45) is 10.3. The summed E-state index contributed by atoms with van der Waals surface area (Å²) < 4.78 is 6.21. The zero-order chi connectivity index (χ0) is 17.9. The molecule has 0 spiro atoms. The van der Waals surface area contributed by atoms with E-state index < -0.39 is 0 Å². The Bertz CT molecular complexity index is 777. The van der Waals surface area contributed by atoms with Crippen molar-refractivity contribution in [3.63, 3.8) is 0 Å². The van der Waals surface area contributed by atoms with Crippen LogP contribution in [-0.4, -0.2) is 16.6 Å². The van der Waals surface area contributed by atoms with Crippen molar-refractivity contribution in [3.8, 4) is 5.75 Å². The minimum Gasteiger partial charge on any atom is -0.489 e. The van der Waals surface area contributed by atoms with Gasteiger partial charge in [0.05, 0.1) is 11.1 Å². The van der Waals surface area contributed by atoms with Gasteiger partial charge in [-0.15, -0.1) is 0 Å². The minimum absolute atomic E-state index is 0.00133. The third kappa shape index (κ3) is 4.36. The number of aromatic nitrogens is 1. The lowest BCUT2D eigenvalue weighted by atomic mass is 9.81. The van der Waals surface area contributed by atoms with Gasteiger partial charge in [-0.25, -0.2) is 0 Å². The van der Waals surface area contributed by atoms with Crippen LogP contribution in [0, 0.1) is 0 Å². The largest absolute Gasteiger partial charge is 0.489 e. The van der Waals surface area contributed by atoms with Gasteiger partial charge in [0.1, 0.15) is 5.75 Å². The molecule has 0 radical (unpaired) electrons. The van der Waals surface area contributed by atoms with Crippen molar-refractivity contribution in [1.29, 1.82) is 0 Å². The number of hydrogen-bond donors (Lipinski definition) is 2. The van der Waals surface area contributed by atoms with Gasteiger partial charge in [0.2, 0.25) is 0 Å². The quantitative estimate of drug-likeness (QED) is 0.822. The van der Waals surface area contributed by atoms with E-state index in [1.807, 2.05) is 12.1 Å². The van der Waals surface area contributed by atoms with Crippen LogP contribution in [-0.2, 0) is 0 Å². The van der Waals surface area contributed by atoms with Gasteiger partial charge in [-0.05, 0) is 68.5 Å². The second-order valence-corrected chi connectivity index (χ2v) is 7.72. The lowest BCUT2D eigenvalue weighted by Gasteiger charge is -2.33. The number of ether oxygens (including phenoxy) is 1. The molecule has 3 rings (SSSR count). The third-order valence-electron chi connectivity index (χ3n) is 5.27. The average Bonchev–Trinajstić information content (AvgIpc) is 2.55. The third-order valence-corrected chi connectivity index (χ3v) is 5.56. The standard InChI is InChI=1S/C20H27ClN2O2/c1-2-8-20(22)9-3-5-15(6-4-10-20)25-18-12-14-7-11-23-19(24)16(14)13-17(18)21/h7,11-13,15H,2-6,8-10,22H2,1H3,(H,23,24). The van der Waals surface area contributed by atoms with Gasteiger partial charge in [-0.2, -0.15) is 0 Å². The summed E-state index contributed by atoms with van der Waals surface area (Å²) in [4.78, 5) is 14.5. The van der Waals surface area contributed by atoms with E-state index in [2.05, 4.69) is 11.9 Å². The van der Waals surface area contributed by atoms with Crippen molar-refractivity contribution < 1.29 is 4.74 Å². The molecule has 136 valence electrons. The highest BCUT2D eigenvalue weighted by atomic mass is 35.5. The van der Waals surface area contributed by atoms with Crippen LogP contribution in [0.15, 0.2) is 29.2 Å². The maximum atomic E-state index is 11.9. The lowest BCUT2D eigenvalue weighted by Crippen LogP contribution is -2.41. The van der Waals surface area contributed by atoms with Gasteiger partial charge in [0.15, 0.2) is 0 Å². The van der Waals surface area contributed by atoms with Gasteiger partial charge in [0.25, 0.3) is 5.56 Å². The van der Waals surface area contributed by atoms with Crippen molar-refractivity contribution in [2.24, 2.45) is 5.73 Å². The van der Waals surface area contributed by atoms with Crippen LogP contribution in [0.4, 0.5) is 0 Å². The number of pyridine rings is 1. The molecule has 0 unspecified atom stereocenters. The summed E-state index contributed by atoms with van der Waals surface area (Å²) in [6, 6.07) is 5.43. The Labute approximate surface area is 153 Å². The van der Waals surface area contributed by atoms with Gasteiger partial charge in [0, 0.05) is 17.1 Å². The molecule has 1 aliphatic rings. The maximum Gasteiger partial charge on any atom is 0.255 e. The van der Waals surface area contributed by atoms with Crippen LogP contribution < -0.4 is 16.0 Å². The smallest absolute Gasteiger partial charge is 0.255 e.